The molecule has 62 heavy (non-hydrogen) atoms. The van der Waals surface area contributed by atoms with Crippen LogP contribution in [-0.2, 0) is 25.2 Å². The molecule has 0 bridgehead atoms. The molecule has 4 aromatic heterocycles. The quantitative estimate of drug-likeness (QED) is 0.0567. The fourth-order valence-electron chi connectivity index (χ4n) is 9.48. The lowest BCUT2D eigenvalue weighted by Crippen LogP contribution is -2.04. The SMILES string of the molecule is CCCCCCCCCCc1ccc(-n2c3c4cc(C(F)(F)F)ccc4[nH]c3c3c2c2[nH]c4ccc(C(F)(F)F)cc4c2n3-c2ccc(CCCCCCCCCC)cc2)cc1. The Kier molecular flexibility index (Phi) is 13.1. The highest BCUT2D eigenvalue weighted by molar-refractivity contribution is 6.27. The zero-order valence-corrected chi connectivity index (χ0v) is 36.0. The van der Waals surface area contributed by atoms with Gasteiger partial charge in [0.2, 0.25) is 0 Å². The lowest BCUT2D eigenvalue weighted by Gasteiger charge is -2.10. The van der Waals surface area contributed by atoms with Crippen LogP contribution in [0.3, 0.4) is 0 Å². The van der Waals surface area contributed by atoms with E-state index in [-0.39, 0.29) is 0 Å². The van der Waals surface area contributed by atoms with Gasteiger partial charge in [0.05, 0.1) is 44.2 Å². The Balaban J connectivity index is 1.25. The van der Waals surface area contributed by atoms with Crippen molar-refractivity contribution in [3.63, 3.8) is 0 Å². The number of aryl methyl sites for hydroxylation is 2. The molecule has 8 rings (SSSR count). The van der Waals surface area contributed by atoms with Crippen LogP contribution in [0.25, 0.3) is 66.3 Å². The summed E-state index contributed by atoms with van der Waals surface area (Å²) >= 11 is 0. The van der Waals surface area contributed by atoms with Crippen LogP contribution >= 0.6 is 0 Å². The zero-order valence-electron chi connectivity index (χ0n) is 36.0. The third kappa shape index (κ3) is 9.02. The second-order valence-corrected chi connectivity index (χ2v) is 17.4. The van der Waals surface area contributed by atoms with Gasteiger partial charge in [-0.05, 0) is 97.5 Å². The molecule has 0 atom stereocenters. The number of aromatic nitrogens is 4. The van der Waals surface area contributed by atoms with E-state index in [0.29, 0.717) is 54.9 Å². The van der Waals surface area contributed by atoms with Crippen LogP contribution in [0.1, 0.15) is 139 Å². The highest BCUT2D eigenvalue weighted by Crippen LogP contribution is 2.46. The predicted octanol–water partition coefficient (Wildman–Crippen LogP) is 17.1. The number of alkyl halides is 6. The minimum Gasteiger partial charge on any atom is -0.351 e. The van der Waals surface area contributed by atoms with Crippen molar-refractivity contribution in [1.82, 2.24) is 19.1 Å². The summed E-state index contributed by atoms with van der Waals surface area (Å²) in [4.78, 5) is 6.93. The minimum absolute atomic E-state index is 0.407. The third-order valence-electron chi connectivity index (χ3n) is 12.8. The summed E-state index contributed by atoms with van der Waals surface area (Å²) < 4.78 is 89.7. The maximum atomic E-state index is 14.3. The average Bonchev–Trinajstić information content (AvgIpc) is 3.98. The van der Waals surface area contributed by atoms with Crippen LogP contribution < -0.4 is 0 Å². The lowest BCUT2D eigenvalue weighted by molar-refractivity contribution is -0.138. The van der Waals surface area contributed by atoms with Crippen molar-refractivity contribution in [2.45, 2.75) is 142 Å². The molecular formula is C52H58F6N4. The fraction of sp³-hybridized carbons (Fsp3) is 0.423. The van der Waals surface area contributed by atoms with E-state index in [1.807, 2.05) is 33.4 Å². The van der Waals surface area contributed by atoms with Gasteiger partial charge in [-0.2, -0.15) is 26.3 Å². The van der Waals surface area contributed by atoms with E-state index >= 15 is 0 Å². The molecule has 0 saturated heterocycles. The topological polar surface area (TPSA) is 41.4 Å². The third-order valence-corrected chi connectivity index (χ3v) is 12.8. The van der Waals surface area contributed by atoms with Gasteiger partial charge >= 0.3 is 12.4 Å². The summed E-state index contributed by atoms with van der Waals surface area (Å²) in [6.45, 7) is 4.45. The van der Waals surface area contributed by atoms with E-state index in [1.165, 1.54) is 112 Å². The first-order valence-electron chi connectivity index (χ1n) is 23.0. The van der Waals surface area contributed by atoms with Gasteiger partial charge in [-0.3, -0.25) is 0 Å². The Morgan fingerprint density at radius 2 is 0.742 bits per heavy atom. The number of rotatable bonds is 20. The Bertz CT molecular complexity index is 2550. The van der Waals surface area contributed by atoms with Gasteiger partial charge in [0.25, 0.3) is 0 Å². The van der Waals surface area contributed by atoms with Crippen molar-refractivity contribution in [2.75, 3.05) is 0 Å². The molecule has 0 radical (unpaired) electrons. The van der Waals surface area contributed by atoms with E-state index in [4.69, 9.17) is 0 Å². The first-order chi connectivity index (χ1) is 30.0. The number of nitrogens with zero attached hydrogens (tertiary/aromatic N) is 2. The Hall–Kier alpha value is -5.12. The highest BCUT2D eigenvalue weighted by atomic mass is 19.4. The number of unbranched alkanes of at least 4 members (excludes halogenated alkanes) is 14. The summed E-state index contributed by atoms with van der Waals surface area (Å²) in [6, 6.07) is 23.9. The molecule has 0 aliphatic rings. The van der Waals surface area contributed by atoms with Crippen molar-refractivity contribution in [3.05, 3.63) is 107 Å². The Labute approximate surface area is 359 Å². The molecule has 0 saturated carbocycles. The largest absolute Gasteiger partial charge is 0.416 e. The Morgan fingerprint density at radius 1 is 0.403 bits per heavy atom. The van der Waals surface area contributed by atoms with E-state index in [0.717, 1.165) is 62.0 Å². The van der Waals surface area contributed by atoms with Crippen LogP contribution in [0.15, 0.2) is 84.9 Å². The summed E-state index contributed by atoms with van der Waals surface area (Å²) in [6.07, 6.45) is 12.3. The number of benzene rings is 4. The van der Waals surface area contributed by atoms with Crippen molar-refractivity contribution in [2.24, 2.45) is 0 Å². The molecule has 0 spiro atoms. The van der Waals surface area contributed by atoms with Crippen LogP contribution in [0, 0.1) is 0 Å². The maximum absolute atomic E-state index is 14.3. The number of fused-ring (bicyclic) bond motifs is 9. The fourth-order valence-corrected chi connectivity index (χ4v) is 9.48. The van der Waals surface area contributed by atoms with E-state index in [9.17, 15) is 26.3 Å². The van der Waals surface area contributed by atoms with Crippen LogP contribution in [0.2, 0.25) is 0 Å². The average molecular weight is 853 g/mol. The molecule has 0 amide bonds. The van der Waals surface area contributed by atoms with Crippen LogP contribution in [-0.4, -0.2) is 19.1 Å². The van der Waals surface area contributed by atoms with Crippen LogP contribution in [0.4, 0.5) is 26.3 Å². The number of nitrogens with one attached hydrogen (secondary N) is 2. The first kappa shape index (κ1) is 43.5. The predicted molar refractivity (Wildman–Crippen MR) is 244 cm³/mol. The molecule has 10 heteroatoms. The normalized spacial score (nSPS) is 12.7. The second-order valence-electron chi connectivity index (χ2n) is 17.4. The molecule has 0 aliphatic heterocycles. The summed E-state index contributed by atoms with van der Waals surface area (Å²) in [7, 11) is 0. The van der Waals surface area contributed by atoms with E-state index in [2.05, 4.69) is 48.1 Å². The molecule has 4 heterocycles. The van der Waals surface area contributed by atoms with Crippen molar-refractivity contribution in [3.8, 4) is 11.4 Å². The van der Waals surface area contributed by atoms with Crippen molar-refractivity contribution < 1.29 is 26.3 Å². The minimum atomic E-state index is -4.56. The highest BCUT2D eigenvalue weighted by Gasteiger charge is 2.34. The number of halogens is 6. The second kappa shape index (κ2) is 18.7. The molecule has 0 aliphatic carbocycles. The van der Waals surface area contributed by atoms with Gasteiger partial charge in [0.1, 0.15) is 0 Å². The first-order valence-corrected chi connectivity index (χ1v) is 23.0. The van der Waals surface area contributed by atoms with Crippen molar-refractivity contribution >= 4 is 54.9 Å². The molecular weight excluding hydrogens is 795 g/mol. The summed E-state index contributed by atoms with van der Waals surface area (Å²) in [5.74, 6) is 0. The molecule has 328 valence electrons. The van der Waals surface area contributed by atoms with Gasteiger partial charge in [-0.1, -0.05) is 128 Å². The van der Waals surface area contributed by atoms with Gasteiger partial charge in [-0.25, -0.2) is 0 Å². The van der Waals surface area contributed by atoms with Gasteiger partial charge in [0, 0.05) is 33.2 Å². The number of hydrogen-bond acceptors (Lipinski definition) is 0. The number of aromatic amines is 2. The summed E-state index contributed by atoms with van der Waals surface area (Å²) in [5, 5.41) is 0.815. The standard InChI is InChI=1S/C52H58F6N4/c1-3-5-7-9-11-13-15-17-19-35-21-27-39(28-22-35)61-47-41-33-37(51(53,54)55)25-31-43(41)59-45(47)50-49(61)46-48(42-34-38(52(56,57)58)26-32-44(42)60-46)62(50)40-29-23-36(24-30-40)20-18-16-14-12-10-8-6-4-2/h21-34,59-60H,3-20H2,1-2H3. The van der Waals surface area contributed by atoms with E-state index < -0.39 is 23.5 Å². The van der Waals surface area contributed by atoms with Gasteiger partial charge < -0.3 is 19.1 Å². The lowest BCUT2D eigenvalue weighted by atomic mass is 10.0. The van der Waals surface area contributed by atoms with Crippen LogP contribution in [0.5, 0.6) is 0 Å². The van der Waals surface area contributed by atoms with Gasteiger partial charge in [-0.15, -0.1) is 0 Å². The maximum Gasteiger partial charge on any atom is 0.416 e. The van der Waals surface area contributed by atoms with Gasteiger partial charge in [0.15, 0.2) is 0 Å². The summed E-state index contributed by atoms with van der Waals surface area (Å²) in [5.41, 5.74) is 7.10. The molecule has 4 nitrogen and oxygen atoms in total. The van der Waals surface area contributed by atoms with Crippen molar-refractivity contribution in [1.29, 1.82) is 0 Å². The number of H-pyrrole nitrogens is 2. The number of hydrogen-bond donors (Lipinski definition) is 2. The monoisotopic (exact) mass is 852 g/mol. The Morgan fingerprint density at radius 3 is 1.08 bits per heavy atom. The molecule has 0 fully saturated rings. The smallest absolute Gasteiger partial charge is 0.351 e. The molecule has 4 aromatic carbocycles. The molecule has 0 unspecified atom stereocenters. The molecule has 8 aromatic rings. The van der Waals surface area contributed by atoms with E-state index in [1.54, 1.807) is 0 Å². The molecule has 2 N–H and O–H groups in total. The zero-order chi connectivity index (χ0) is 43.4.